The Morgan fingerprint density at radius 1 is 1.14 bits per heavy atom. The lowest BCUT2D eigenvalue weighted by molar-refractivity contribution is -0.130. The molecule has 1 saturated carbocycles. The first kappa shape index (κ1) is 19.6. The molecule has 1 aliphatic heterocycles. The lowest BCUT2D eigenvalue weighted by Crippen LogP contribution is -2.30. The Kier molecular flexibility index (Phi) is 5.93. The fourth-order valence-electron chi connectivity index (χ4n) is 4.01. The molecule has 1 unspecified atom stereocenters. The van der Waals surface area contributed by atoms with Crippen molar-refractivity contribution >= 4 is 5.91 Å². The Hall–Kier alpha value is -2.69. The minimum atomic E-state index is 0.187. The number of ether oxygens (including phenoxy) is 3. The van der Waals surface area contributed by atoms with Crippen LogP contribution in [0.3, 0.4) is 0 Å². The van der Waals surface area contributed by atoms with Gasteiger partial charge in [-0.2, -0.15) is 0 Å². The van der Waals surface area contributed by atoms with Crippen molar-refractivity contribution in [2.75, 3.05) is 33.9 Å². The second-order valence-electron chi connectivity index (χ2n) is 7.93. The number of carbonyl (C=O) groups is 1. The van der Waals surface area contributed by atoms with Crippen LogP contribution in [-0.4, -0.2) is 44.7 Å². The highest BCUT2D eigenvalue weighted by atomic mass is 16.6. The lowest BCUT2D eigenvalue weighted by Gasteiger charge is -2.24. The summed E-state index contributed by atoms with van der Waals surface area (Å²) in [4.78, 5) is 14.8. The average molecular weight is 395 g/mol. The Bertz CT molecular complexity index is 862. The molecule has 2 aliphatic rings. The summed E-state index contributed by atoms with van der Waals surface area (Å²) in [5, 5.41) is 0. The second kappa shape index (κ2) is 8.76. The molecule has 1 atom stereocenters. The molecule has 5 heteroatoms. The summed E-state index contributed by atoms with van der Waals surface area (Å²) in [7, 11) is 3.58. The van der Waals surface area contributed by atoms with E-state index in [1.54, 1.807) is 7.11 Å². The number of rotatable bonds is 8. The van der Waals surface area contributed by atoms with Crippen molar-refractivity contribution in [3.05, 3.63) is 53.6 Å². The summed E-state index contributed by atoms with van der Waals surface area (Å²) in [6, 6.07) is 14.1. The van der Waals surface area contributed by atoms with Crippen molar-refractivity contribution in [1.29, 1.82) is 0 Å². The van der Waals surface area contributed by atoms with Gasteiger partial charge < -0.3 is 19.1 Å². The zero-order valence-corrected chi connectivity index (χ0v) is 17.2. The number of likely N-dealkylation sites (N-methyl/N-ethyl adjacent to an activating group) is 1. The first-order chi connectivity index (χ1) is 14.2. The van der Waals surface area contributed by atoms with Crippen LogP contribution in [-0.2, 0) is 11.2 Å². The van der Waals surface area contributed by atoms with Crippen molar-refractivity contribution in [3.8, 4) is 17.2 Å². The summed E-state index contributed by atoms with van der Waals surface area (Å²) >= 11 is 0. The minimum Gasteiger partial charge on any atom is -0.496 e. The van der Waals surface area contributed by atoms with Crippen LogP contribution < -0.4 is 14.2 Å². The third-order valence-electron chi connectivity index (χ3n) is 5.91. The fourth-order valence-corrected chi connectivity index (χ4v) is 4.01. The number of hydrogen-bond acceptors (Lipinski definition) is 4. The summed E-state index contributed by atoms with van der Waals surface area (Å²) in [6.45, 7) is 1.85. The summed E-state index contributed by atoms with van der Waals surface area (Å²) in [5.74, 6) is 3.49. The molecule has 1 aliphatic carbocycles. The zero-order valence-electron chi connectivity index (χ0n) is 17.2. The van der Waals surface area contributed by atoms with Gasteiger partial charge in [0.1, 0.15) is 19.0 Å². The van der Waals surface area contributed by atoms with E-state index in [1.807, 2.05) is 36.2 Å². The van der Waals surface area contributed by atoms with Crippen molar-refractivity contribution in [3.63, 3.8) is 0 Å². The van der Waals surface area contributed by atoms with Crippen LogP contribution in [0.5, 0.6) is 17.2 Å². The highest BCUT2D eigenvalue weighted by Crippen LogP contribution is 2.46. The van der Waals surface area contributed by atoms with Gasteiger partial charge in [0, 0.05) is 20.0 Å². The zero-order chi connectivity index (χ0) is 20.2. The molecule has 5 nitrogen and oxygen atoms in total. The van der Waals surface area contributed by atoms with E-state index in [0.29, 0.717) is 32.1 Å². The first-order valence-electron chi connectivity index (χ1n) is 10.4. The third kappa shape index (κ3) is 4.66. The molecule has 4 rings (SSSR count). The van der Waals surface area contributed by atoms with Gasteiger partial charge in [-0.25, -0.2) is 0 Å². The number of nitrogens with zero attached hydrogens (tertiary/aromatic N) is 1. The number of carbonyl (C=O) groups excluding carboxylic acids is 1. The van der Waals surface area contributed by atoms with Gasteiger partial charge >= 0.3 is 0 Å². The maximum atomic E-state index is 13.0. The summed E-state index contributed by atoms with van der Waals surface area (Å²) < 4.78 is 16.8. The van der Waals surface area contributed by atoms with Crippen LogP contribution in [0, 0.1) is 5.92 Å². The first-order valence-corrected chi connectivity index (χ1v) is 10.4. The topological polar surface area (TPSA) is 48.0 Å². The molecule has 29 heavy (non-hydrogen) atoms. The van der Waals surface area contributed by atoms with Crippen LogP contribution in [0.2, 0.25) is 0 Å². The molecule has 154 valence electrons. The maximum absolute atomic E-state index is 13.0. The van der Waals surface area contributed by atoms with Crippen molar-refractivity contribution in [2.24, 2.45) is 5.92 Å². The molecule has 2 aromatic rings. The molecule has 1 heterocycles. The van der Waals surface area contributed by atoms with Crippen LogP contribution >= 0.6 is 0 Å². The Morgan fingerprint density at radius 3 is 2.66 bits per heavy atom. The Morgan fingerprint density at radius 2 is 1.90 bits per heavy atom. The lowest BCUT2D eigenvalue weighted by atomic mass is 9.90. The van der Waals surface area contributed by atoms with E-state index < -0.39 is 0 Å². The van der Waals surface area contributed by atoms with Gasteiger partial charge in [0.05, 0.1) is 7.11 Å². The number of fused-ring (bicyclic) bond motifs is 1. The van der Waals surface area contributed by atoms with E-state index in [9.17, 15) is 4.79 Å². The second-order valence-corrected chi connectivity index (χ2v) is 7.93. The predicted octanol–water partition coefficient (Wildman–Crippen LogP) is 4.05. The largest absolute Gasteiger partial charge is 0.496 e. The van der Waals surface area contributed by atoms with Gasteiger partial charge in [-0.3, -0.25) is 4.79 Å². The van der Waals surface area contributed by atoms with Crippen LogP contribution in [0.1, 0.15) is 36.3 Å². The molecule has 2 aromatic carbocycles. The summed E-state index contributed by atoms with van der Waals surface area (Å²) in [6.07, 6.45) is 3.70. The van der Waals surface area contributed by atoms with Gasteiger partial charge in [0.2, 0.25) is 5.91 Å². The predicted molar refractivity (Wildman–Crippen MR) is 112 cm³/mol. The van der Waals surface area contributed by atoms with E-state index in [-0.39, 0.29) is 11.8 Å². The SMILES string of the molecule is COc1ccccc1CCN(C)C(=O)CC(c1ccc2c(c1)OCCO2)C1CC1. The number of hydrogen-bond donors (Lipinski definition) is 0. The molecule has 0 bridgehead atoms. The number of benzene rings is 2. The van der Waals surface area contributed by atoms with Crippen molar-refractivity contribution in [1.82, 2.24) is 4.90 Å². The van der Waals surface area contributed by atoms with E-state index in [2.05, 4.69) is 18.2 Å². The van der Waals surface area contributed by atoms with Gasteiger partial charge in [-0.05, 0) is 60.4 Å². The van der Waals surface area contributed by atoms with Gasteiger partial charge in [-0.15, -0.1) is 0 Å². The Labute approximate surface area is 172 Å². The van der Waals surface area contributed by atoms with Crippen LogP contribution in [0.4, 0.5) is 0 Å². The standard InChI is InChI=1S/C24H29NO4/c1-25(12-11-18-5-3-4-6-21(18)27-2)24(26)16-20(17-7-8-17)19-9-10-22-23(15-19)29-14-13-28-22/h3-6,9-10,15,17,20H,7-8,11-14,16H2,1-2H3. The fraction of sp³-hybridized carbons (Fsp3) is 0.458. The molecular formula is C24H29NO4. The highest BCUT2D eigenvalue weighted by molar-refractivity contribution is 5.77. The minimum absolute atomic E-state index is 0.187. The van der Waals surface area contributed by atoms with E-state index in [4.69, 9.17) is 14.2 Å². The summed E-state index contributed by atoms with van der Waals surface area (Å²) in [5.41, 5.74) is 2.31. The van der Waals surface area contributed by atoms with Gasteiger partial charge in [0.25, 0.3) is 0 Å². The Balaban J connectivity index is 1.40. The number of para-hydroxylation sites is 1. The van der Waals surface area contributed by atoms with Crippen LogP contribution in [0.25, 0.3) is 0 Å². The van der Waals surface area contributed by atoms with Crippen molar-refractivity contribution in [2.45, 2.75) is 31.6 Å². The van der Waals surface area contributed by atoms with Crippen molar-refractivity contribution < 1.29 is 19.0 Å². The molecule has 0 aromatic heterocycles. The third-order valence-corrected chi connectivity index (χ3v) is 5.91. The molecule has 0 saturated heterocycles. The quantitative estimate of drug-likeness (QED) is 0.677. The number of amides is 1. The molecule has 1 fully saturated rings. The maximum Gasteiger partial charge on any atom is 0.222 e. The number of methoxy groups -OCH3 is 1. The average Bonchev–Trinajstić information content (AvgIpc) is 3.60. The molecule has 0 radical (unpaired) electrons. The normalized spacial score (nSPS) is 16.2. The van der Waals surface area contributed by atoms with Crippen LogP contribution in [0.15, 0.2) is 42.5 Å². The van der Waals surface area contributed by atoms with E-state index >= 15 is 0 Å². The van der Waals surface area contributed by atoms with E-state index in [0.717, 1.165) is 29.2 Å². The van der Waals surface area contributed by atoms with E-state index in [1.165, 1.54) is 18.4 Å². The molecular weight excluding hydrogens is 366 g/mol. The smallest absolute Gasteiger partial charge is 0.222 e. The molecule has 1 amide bonds. The van der Waals surface area contributed by atoms with Gasteiger partial charge in [-0.1, -0.05) is 24.3 Å². The van der Waals surface area contributed by atoms with Gasteiger partial charge in [0.15, 0.2) is 11.5 Å². The monoisotopic (exact) mass is 395 g/mol. The highest BCUT2D eigenvalue weighted by Gasteiger charge is 2.35. The molecule has 0 spiro atoms. The molecule has 0 N–H and O–H groups in total.